The van der Waals surface area contributed by atoms with Crippen LogP contribution in [-0.2, 0) is 4.74 Å². The van der Waals surface area contributed by atoms with Gasteiger partial charge >= 0.3 is 5.97 Å². The molecule has 1 heterocycles. The third kappa shape index (κ3) is 1.97. The molecule has 0 unspecified atom stereocenters. The number of carbonyl (C=O) groups is 1. The van der Waals surface area contributed by atoms with Crippen molar-refractivity contribution in [1.82, 2.24) is 0 Å². The Kier molecular flexibility index (Phi) is 2.76. The molecule has 0 aromatic heterocycles. The van der Waals surface area contributed by atoms with Crippen LogP contribution in [0.4, 0.5) is 5.69 Å². The minimum absolute atomic E-state index is 0.393. The third-order valence-corrected chi connectivity index (χ3v) is 2.88. The second-order valence-electron chi connectivity index (χ2n) is 4.04. The van der Waals surface area contributed by atoms with E-state index in [4.69, 9.17) is 9.47 Å². The summed E-state index contributed by atoms with van der Waals surface area (Å²) in [7, 11) is 1.34. The summed E-state index contributed by atoms with van der Waals surface area (Å²) in [5, 5.41) is 0. The van der Waals surface area contributed by atoms with Crippen LogP contribution in [0.25, 0.3) is 0 Å². The molecule has 4 nitrogen and oxygen atoms in total. The van der Waals surface area contributed by atoms with Gasteiger partial charge < -0.3 is 9.47 Å². The van der Waals surface area contributed by atoms with Crippen molar-refractivity contribution in [3.8, 4) is 11.5 Å². The summed E-state index contributed by atoms with van der Waals surface area (Å²) >= 11 is 0. The van der Waals surface area contributed by atoms with E-state index in [-0.39, 0.29) is 0 Å². The van der Waals surface area contributed by atoms with Crippen molar-refractivity contribution in [2.24, 2.45) is 4.99 Å². The van der Waals surface area contributed by atoms with Crippen LogP contribution in [-0.4, -0.2) is 19.3 Å². The Balaban J connectivity index is 2.16. The SMILES string of the molecule is COC(=O)c1cccc2c1N=Cc1ccccc1O2. The fourth-order valence-electron chi connectivity index (χ4n) is 1.95. The van der Waals surface area contributed by atoms with E-state index < -0.39 is 5.97 Å². The zero-order chi connectivity index (χ0) is 13.2. The van der Waals surface area contributed by atoms with Gasteiger partial charge in [0.2, 0.25) is 0 Å². The summed E-state index contributed by atoms with van der Waals surface area (Å²) in [6, 6.07) is 12.8. The van der Waals surface area contributed by atoms with Gasteiger partial charge in [-0.25, -0.2) is 4.79 Å². The van der Waals surface area contributed by atoms with E-state index in [0.29, 0.717) is 22.7 Å². The van der Waals surface area contributed by atoms with Crippen molar-refractivity contribution in [2.45, 2.75) is 0 Å². The fraction of sp³-hybridized carbons (Fsp3) is 0.0667. The topological polar surface area (TPSA) is 47.9 Å². The van der Waals surface area contributed by atoms with Crippen molar-refractivity contribution in [3.05, 3.63) is 53.6 Å². The molecule has 4 heteroatoms. The predicted molar refractivity (Wildman–Crippen MR) is 71.6 cm³/mol. The van der Waals surface area contributed by atoms with E-state index in [9.17, 15) is 4.79 Å². The van der Waals surface area contributed by atoms with E-state index in [2.05, 4.69) is 4.99 Å². The van der Waals surface area contributed by atoms with Gasteiger partial charge in [0.15, 0.2) is 5.75 Å². The fourth-order valence-corrected chi connectivity index (χ4v) is 1.95. The smallest absolute Gasteiger partial charge is 0.340 e. The zero-order valence-electron chi connectivity index (χ0n) is 10.3. The number of hydrogen-bond donors (Lipinski definition) is 0. The average molecular weight is 253 g/mol. The maximum atomic E-state index is 11.7. The molecule has 0 saturated carbocycles. The van der Waals surface area contributed by atoms with Crippen LogP contribution in [0.15, 0.2) is 47.5 Å². The number of methoxy groups -OCH3 is 1. The lowest BCUT2D eigenvalue weighted by Crippen LogP contribution is -2.01. The molecular formula is C15H11NO3. The summed E-state index contributed by atoms with van der Waals surface area (Å²) in [5.41, 5.74) is 1.75. The molecule has 0 radical (unpaired) electrons. The number of aliphatic imine (C=N–C) groups is 1. The molecule has 0 bridgehead atoms. The molecule has 94 valence electrons. The zero-order valence-corrected chi connectivity index (χ0v) is 10.3. The molecule has 19 heavy (non-hydrogen) atoms. The Hall–Kier alpha value is -2.62. The number of esters is 1. The van der Waals surface area contributed by atoms with Gasteiger partial charge in [0.25, 0.3) is 0 Å². The van der Waals surface area contributed by atoms with Gasteiger partial charge in [-0.2, -0.15) is 0 Å². The van der Waals surface area contributed by atoms with Gasteiger partial charge in [-0.05, 0) is 24.3 Å². The van der Waals surface area contributed by atoms with Crippen LogP contribution < -0.4 is 4.74 Å². The lowest BCUT2D eigenvalue weighted by atomic mass is 10.1. The van der Waals surface area contributed by atoms with E-state index in [1.165, 1.54) is 7.11 Å². The highest BCUT2D eigenvalue weighted by Crippen LogP contribution is 2.38. The molecule has 1 aliphatic rings. The lowest BCUT2D eigenvalue weighted by molar-refractivity contribution is 0.0601. The van der Waals surface area contributed by atoms with Crippen LogP contribution in [0.3, 0.4) is 0 Å². The number of ether oxygens (including phenoxy) is 2. The van der Waals surface area contributed by atoms with E-state index in [0.717, 1.165) is 5.56 Å². The van der Waals surface area contributed by atoms with Gasteiger partial charge in [0, 0.05) is 11.8 Å². The second-order valence-corrected chi connectivity index (χ2v) is 4.04. The summed E-state index contributed by atoms with van der Waals surface area (Å²) in [4.78, 5) is 16.1. The predicted octanol–water partition coefficient (Wildman–Crippen LogP) is 3.33. The second kappa shape index (κ2) is 4.57. The molecule has 1 aliphatic heterocycles. The summed E-state index contributed by atoms with van der Waals surface area (Å²) < 4.78 is 10.6. The van der Waals surface area contributed by atoms with Crippen molar-refractivity contribution in [1.29, 1.82) is 0 Å². The molecule has 0 spiro atoms. The summed E-state index contributed by atoms with van der Waals surface area (Å²) in [6.45, 7) is 0. The Morgan fingerprint density at radius 3 is 2.74 bits per heavy atom. The van der Waals surface area contributed by atoms with Crippen molar-refractivity contribution in [2.75, 3.05) is 7.11 Å². The Morgan fingerprint density at radius 1 is 1.11 bits per heavy atom. The average Bonchev–Trinajstić information content (AvgIpc) is 2.65. The standard InChI is InChI=1S/C15H11NO3/c1-18-15(17)11-6-4-8-13-14(11)16-9-10-5-2-3-7-12(10)19-13/h2-9H,1H3. The first kappa shape index (κ1) is 11.5. The highest BCUT2D eigenvalue weighted by atomic mass is 16.5. The van der Waals surface area contributed by atoms with Crippen LogP contribution in [0.2, 0.25) is 0 Å². The molecule has 0 atom stereocenters. The van der Waals surface area contributed by atoms with Gasteiger partial charge in [0.1, 0.15) is 11.4 Å². The van der Waals surface area contributed by atoms with Crippen LogP contribution in [0.5, 0.6) is 11.5 Å². The van der Waals surface area contributed by atoms with E-state index in [1.54, 1.807) is 24.4 Å². The molecule has 2 aromatic rings. The first-order valence-electron chi connectivity index (χ1n) is 5.82. The Labute approximate surface area is 110 Å². The monoisotopic (exact) mass is 253 g/mol. The highest BCUT2D eigenvalue weighted by molar-refractivity contribution is 5.99. The van der Waals surface area contributed by atoms with Gasteiger partial charge in [-0.15, -0.1) is 0 Å². The number of nitrogens with zero attached hydrogens (tertiary/aromatic N) is 1. The number of carbonyl (C=O) groups excluding carboxylic acids is 1. The van der Waals surface area contributed by atoms with Crippen molar-refractivity contribution >= 4 is 17.9 Å². The Bertz CT molecular complexity index is 677. The lowest BCUT2D eigenvalue weighted by Gasteiger charge is -2.09. The maximum Gasteiger partial charge on any atom is 0.340 e. The number of benzene rings is 2. The summed E-state index contributed by atoms with van der Waals surface area (Å²) in [5.74, 6) is 0.833. The normalized spacial score (nSPS) is 11.8. The quantitative estimate of drug-likeness (QED) is 0.625. The molecule has 2 aromatic carbocycles. The summed E-state index contributed by atoms with van der Waals surface area (Å²) in [6.07, 6.45) is 1.69. The minimum Gasteiger partial charge on any atom is -0.465 e. The van der Waals surface area contributed by atoms with Crippen LogP contribution in [0.1, 0.15) is 15.9 Å². The Morgan fingerprint density at radius 2 is 1.89 bits per heavy atom. The number of fused-ring (bicyclic) bond motifs is 2. The molecule has 0 saturated heterocycles. The van der Waals surface area contributed by atoms with Gasteiger partial charge in [-0.1, -0.05) is 18.2 Å². The molecule has 0 amide bonds. The van der Waals surface area contributed by atoms with E-state index in [1.807, 2.05) is 24.3 Å². The molecule has 0 N–H and O–H groups in total. The first-order chi connectivity index (χ1) is 9.29. The number of para-hydroxylation sites is 2. The number of rotatable bonds is 1. The van der Waals surface area contributed by atoms with Gasteiger partial charge in [-0.3, -0.25) is 4.99 Å². The number of hydrogen-bond acceptors (Lipinski definition) is 4. The third-order valence-electron chi connectivity index (χ3n) is 2.88. The van der Waals surface area contributed by atoms with Crippen LogP contribution in [0, 0.1) is 0 Å². The van der Waals surface area contributed by atoms with E-state index >= 15 is 0 Å². The molecular weight excluding hydrogens is 242 g/mol. The van der Waals surface area contributed by atoms with Gasteiger partial charge in [0.05, 0.1) is 12.7 Å². The van der Waals surface area contributed by atoms with Crippen LogP contribution >= 0.6 is 0 Å². The molecule has 0 fully saturated rings. The highest BCUT2D eigenvalue weighted by Gasteiger charge is 2.18. The molecule has 0 aliphatic carbocycles. The van der Waals surface area contributed by atoms with Crippen molar-refractivity contribution in [3.63, 3.8) is 0 Å². The first-order valence-corrected chi connectivity index (χ1v) is 5.82. The minimum atomic E-state index is -0.427. The van der Waals surface area contributed by atoms with Crippen molar-refractivity contribution < 1.29 is 14.3 Å². The largest absolute Gasteiger partial charge is 0.465 e. The maximum absolute atomic E-state index is 11.7. The molecule has 3 rings (SSSR count).